The highest BCUT2D eigenvalue weighted by Crippen LogP contribution is 2.26. The van der Waals surface area contributed by atoms with Crippen molar-refractivity contribution in [1.29, 1.82) is 0 Å². The number of aryl methyl sites for hydroxylation is 2. The second-order valence-electron chi connectivity index (χ2n) is 5.72. The van der Waals surface area contributed by atoms with Gasteiger partial charge in [-0.15, -0.1) is 0 Å². The van der Waals surface area contributed by atoms with Gasteiger partial charge in [0, 0.05) is 44.6 Å². The molecule has 1 saturated heterocycles. The van der Waals surface area contributed by atoms with Crippen LogP contribution in [0, 0.1) is 0 Å². The molecule has 0 bridgehead atoms. The summed E-state index contributed by atoms with van der Waals surface area (Å²) in [5, 5.41) is 4.37. The van der Waals surface area contributed by atoms with Crippen LogP contribution in [0.5, 0.6) is 0 Å². The van der Waals surface area contributed by atoms with E-state index in [0.717, 1.165) is 37.2 Å². The zero-order chi connectivity index (χ0) is 15.5. The van der Waals surface area contributed by atoms with Crippen LogP contribution >= 0.6 is 0 Å². The molecule has 1 amide bonds. The summed E-state index contributed by atoms with van der Waals surface area (Å²) >= 11 is 0. The van der Waals surface area contributed by atoms with Gasteiger partial charge in [0.25, 0.3) is 5.91 Å². The van der Waals surface area contributed by atoms with Crippen LogP contribution in [0.4, 0.5) is 0 Å². The average molecular weight is 299 g/mol. The summed E-state index contributed by atoms with van der Waals surface area (Å²) < 4.78 is 1.69. The number of amides is 1. The first-order chi connectivity index (χ1) is 10.7. The molecular weight excluding hydrogens is 278 g/mol. The molecule has 116 valence electrons. The van der Waals surface area contributed by atoms with Crippen molar-refractivity contribution >= 4 is 5.91 Å². The van der Waals surface area contributed by atoms with Crippen LogP contribution in [0.3, 0.4) is 0 Å². The van der Waals surface area contributed by atoms with E-state index >= 15 is 0 Å². The van der Waals surface area contributed by atoms with Crippen LogP contribution in [-0.4, -0.2) is 43.6 Å². The minimum atomic E-state index is 0.0586. The molecule has 1 aliphatic rings. The maximum absolute atomic E-state index is 12.8. The van der Waals surface area contributed by atoms with Gasteiger partial charge in [-0.25, -0.2) is 0 Å². The molecule has 1 atom stereocenters. The molecule has 0 spiro atoms. The summed E-state index contributed by atoms with van der Waals surface area (Å²) in [4.78, 5) is 23.2. The molecule has 0 saturated carbocycles. The van der Waals surface area contributed by atoms with Crippen molar-refractivity contribution in [2.45, 2.75) is 32.1 Å². The molecule has 3 rings (SSSR count). The third-order valence-corrected chi connectivity index (χ3v) is 4.22. The Morgan fingerprint density at radius 3 is 2.95 bits per heavy atom. The van der Waals surface area contributed by atoms with Gasteiger partial charge in [-0.05, 0) is 25.3 Å². The van der Waals surface area contributed by atoms with Crippen molar-refractivity contribution < 1.29 is 4.79 Å². The van der Waals surface area contributed by atoms with Gasteiger partial charge < -0.3 is 4.90 Å². The highest BCUT2D eigenvalue weighted by molar-refractivity contribution is 5.92. The van der Waals surface area contributed by atoms with Crippen LogP contribution in [0.2, 0.25) is 0 Å². The lowest BCUT2D eigenvalue weighted by Crippen LogP contribution is -2.40. The SMILES string of the molecule is CCc1cc(C(=O)N2CCCC(c3cnccn3)C2)n(C)n1. The molecule has 3 heterocycles. The first kappa shape index (κ1) is 14.7. The van der Waals surface area contributed by atoms with Crippen LogP contribution in [-0.2, 0) is 13.5 Å². The molecule has 6 nitrogen and oxygen atoms in total. The number of piperidine rings is 1. The fourth-order valence-corrected chi connectivity index (χ4v) is 2.99. The van der Waals surface area contributed by atoms with Gasteiger partial charge in [0.2, 0.25) is 0 Å². The Hall–Kier alpha value is -2.24. The monoisotopic (exact) mass is 299 g/mol. The molecule has 0 aromatic carbocycles. The lowest BCUT2D eigenvalue weighted by Gasteiger charge is -2.32. The van der Waals surface area contributed by atoms with Crippen molar-refractivity contribution in [1.82, 2.24) is 24.6 Å². The van der Waals surface area contributed by atoms with Crippen LogP contribution in [0.15, 0.2) is 24.7 Å². The summed E-state index contributed by atoms with van der Waals surface area (Å²) in [6.45, 7) is 3.54. The number of nitrogens with zero attached hydrogens (tertiary/aromatic N) is 5. The molecule has 0 N–H and O–H groups in total. The largest absolute Gasteiger partial charge is 0.337 e. The molecule has 1 unspecified atom stereocenters. The van der Waals surface area contributed by atoms with E-state index in [2.05, 4.69) is 15.1 Å². The van der Waals surface area contributed by atoms with Crippen molar-refractivity contribution in [3.63, 3.8) is 0 Å². The van der Waals surface area contributed by atoms with E-state index in [4.69, 9.17) is 0 Å². The van der Waals surface area contributed by atoms with Gasteiger partial charge >= 0.3 is 0 Å². The third kappa shape index (κ3) is 2.86. The Morgan fingerprint density at radius 2 is 2.27 bits per heavy atom. The Kier molecular flexibility index (Phi) is 4.18. The third-order valence-electron chi connectivity index (χ3n) is 4.22. The summed E-state index contributed by atoms with van der Waals surface area (Å²) in [7, 11) is 1.83. The van der Waals surface area contributed by atoms with Gasteiger partial charge in [0.1, 0.15) is 5.69 Å². The smallest absolute Gasteiger partial charge is 0.272 e. The summed E-state index contributed by atoms with van der Waals surface area (Å²) in [5.41, 5.74) is 2.59. The zero-order valence-corrected chi connectivity index (χ0v) is 13.1. The van der Waals surface area contributed by atoms with Gasteiger partial charge in [-0.1, -0.05) is 6.92 Å². The molecule has 6 heteroatoms. The van der Waals surface area contributed by atoms with E-state index in [1.807, 2.05) is 24.9 Å². The Balaban J connectivity index is 1.76. The average Bonchev–Trinajstić information content (AvgIpc) is 2.96. The van der Waals surface area contributed by atoms with E-state index in [9.17, 15) is 4.79 Å². The van der Waals surface area contributed by atoms with Crippen molar-refractivity contribution in [3.05, 3.63) is 41.7 Å². The first-order valence-corrected chi connectivity index (χ1v) is 7.77. The highest BCUT2D eigenvalue weighted by atomic mass is 16.2. The Labute approximate surface area is 130 Å². The molecule has 22 heavy (non-hydrogen) atoms. The molecule has 1 fully saturated rings. The maximum atomic E-state index is 12.8. The minimum absolute atomic E-state index is 0.0586. The molecular formula is C16H21N5O. The van der Waals surface area contributed by atoms with Gasteiger partial charge in [0.05, 0.1) is 11.4 Å². The van der Waals surface area contributed by atoms with Crippen molar-refractivity contribution in [3.8, 4) is 0 Å². The van der Waals surface area contributed by atoms with Gasteiger partial charge in [-0.3, -0.25) is 19.4 Å². The Bertz CT molecular complexity index is 652. The van der Waals surface area contributed by atoms with Crippen molar-refractivity contribution in [2.24, 2.45) is 7.05 Å². The van der Waals surface area contributed by atoms with Gasteiger partial charge in [-0.2, -0.15) is 5.10 Å². The Morgan fingerprint density at radius 1 is 1.41 bits per heavy atom. The van der Waals surface area contributed by atoms with E-state index in [1.165, 1.54) is 0 Å². The number of hydrogen-bond acceptors (Lipinski definition) is 4. The second kappa shape index (κ2) is 6.25. The lowest BCUT2D eigenvalue weighted by molar-refractivity contribution is 0.0694. The molecule has 1 aliphatic heterocycles. The van der Waals surface area contributed by atoms with Crippen LogP contribution in [0.1, 0.15) is 47.6 Å². The maximum Gasteiger partial charge on any atom is 0.272 e. The van der Waals surface area contributed by atoms with E-state index < -0.39 is 0 Å². The summed E-state index contributed by atoms with van der Waals surface area (Å²) in [6, 6.07) is 1.90. The van der Waals surface area contributed by atoms with E-state index in [-0.39, 0.29) is 11.8 Å². The number of carbonyl (C=O) groups is 1. The lowest BCUT2D eigenvalue weighted by atomic mass is 9.95. The second-order valence-corrected chi connectivity index (χ2v) is 5.72. The number of hydrogen-bond donors (Lipinski definition) is 0. The predicted molar refractivity (Wildman–Crippen MR) is 82.5 cm³/mol. The molecule has 2 aromatic rings. The van der Waals surface area contributed by atoms with Crippen molar-refractivity contribution in [2.75, 3.05) is 13.1 Å². The standard InChI is InChI=1S/C16H21N5O/c1-3-13-9-15(20(2)19-13)16(22)21-8-4-5-12(11-21)14-10-17-6-7-18-14/h6-7,9-10,12H,3-5,8,11H2,1-2H3. The topological polar surface area (TPSA) is 63.9 Å². The molecule has 0 radical (unpaired) electrons. The van der Waals surface area contributed by atoms with Gasteiger partial charge in [0.15, 0.2) is 0 Å². The first-order valence-electron chi connectivity index (χ1n) is 7.77. The normalized spacial score (nSPS) is 18.5. The predicted octanol–water partition coefficient (Wildman–Crippen LogP) is 1.79. The number of aromatic nitrogens is 4. The number of likely N-dealkylation sites (tertiary alicyclic amines) is 1. The fraction of sp³-hybridized carbons (Fsp3) is 0.500. The zero-order valence-electron chi connectivity index (χ0n) is 13.1. The van der Waals surface area contributed by atoms with Crippen LogP contribution < -0.4 is 0 Å². The number of carbonyl (C=O) groups excluding carboxylic acids is 1. The van der Waals surface area contributed by atoms with E-state index in [0.29, 0.717) is 12.2 Å². The molecule has 2 aromatic heterocycles. The summed E-state index contributed by atoms with van der Waals surface area (Å²) in [5.74, 6) is 0.327. The quantitative estimate of drug-likeness (QED) is 0.867. The minimum Gasteiger partial charge on any atom is -0.337 e. The fourth-order valence-electron chi connectivity index (χ4n) is 2.99. The highest BCUT2D eigenvalue weighted by Gasteiger charge is 2.27. The van der Waals surface area contributed by atoms with E-state index in [1.54, 1.807) is 23.3 Å². The summed E-state index contributed by atoms with van der Waals surface area (Å²) in [6.07, 6.45) is 8.07. The molecule has 0 aliphatic carbocycles. The number of rotatable bonds is 3. The van der Waals surface area contributed by atoms with Crippen LogP contribution in [0.25, 0.3) is 0 Å².